The number of rotatable bonds is 1. The molecule has 66 valence electrons. The van der Waals surface area contributed by atoms with Gasteiger partial charge in [0.15, 0.2) is 0 Å². The molecular weight excluding hydrogens is 152 g/mol. The second kappa shape index (κ2) is 1.93. The summed E-state index contributed by atoms with van der Waals surface area (Å²) in [6, 6.07) is 0. The second-order valence-corrected chi connectivity index (χ2v) is 4.53. The molecule has 12 heavy (non-hydrogen) atoms. The van der Waals surface area contributed by atoms with Crippen molar-refractivity contribution >= 4 is 5.97 Å². The molecule has 1 saturated carbocycles. The first-order valence-corrected chi connectivity index (χ1v) is 4.32. The largest absolute Gasteiger partial charge is 0.457 e. The zero-order chi connectivity index (χ0) is 9.09. The third-order valence-electron chi connectivity index (χ3n) is 3.22. The zero-order valence-corrected chi connectivity index (χ0v) is 7.76. The monoisotopic (exact) mass is 166 g/mol. The Kier molecular flexibility index (Phi) is 1.26. The van der Waals surface area contributed by atoms with Crippen molar-refractivity contribution < 1.29 is 9.53 Å². The number of hydrogen-bond acceptors (Lipinski definition) is 2. The molecule has 0 spiro atoms. The minimum atomic E-state index is -0.0296. The standard InChI is InChI=1S/C10H14O2/c1-5(2)8-6-7(9(11)12-8)10(6,3)4/h6-8H,1H2,2-4H3/t6-,7+,8+/m1/s1. The predicted molar refractivity (Wildman–Crippen MR) is 45.5 cm³/mol. The van der Waals surface area contributed by atoms with Crippen LogP contribution in [0, 0.1) is 17.3 Å². The van der Waals surface area contributed by atoms with Crippen molar-refractivity contribution in [1.82, 2.24) is 0 Å². The Morgan fingerprint density at radius 1 is 1.58 bits per heavy atom. The van der Waals surface area contributed by atoms with Crippen molar-refractivity contribution in [3.8, 4) is 0 Å². The topological polar surface area (TPSA) is 26.3 Å². The first-order chi connectivity index (χ1) is 5.46. The lowest BCUT2D eigenvalue weighted by Crippen LogP contribution is -2.20. The lowest BCUT2D eigenvalue weighted by Gasteiger charge is -2.17. The Balaban J connectivity index is 2.25. The van der Waals surface area contributed by atoms with E-state index in [9.17, 15) is 4.79 Å². The fraction of sp³-hybridized carbons (Fsp3) is 0.700. The van der Waals surface area contributed by atoms with Gasteiger partial charge in [0.25, 0.3) is 0 Å². The minimum Gasteiger partial charge on any atom is -0.457 e. The van der Waals surface area contributed by atoms with Gasteiger partial charge in [-0.3, -0.25) is 4.79 Å². The molecular formula is C10H14O2. The molecule has 2 nitrogen and oxygen atoms in total. The van der Waals surface area contributed by atoms with Gasteiger partial charge in [-0.05, 0) is 17.9 Å². The van der Waals surface area contributed by atoms with Gasteiger partial charge in [0.05, 0.1) is 5.92 Å². The summed E-state index contributed by atoms with van der Waals surface area (Å²) in [6.45, 7) is 10.0. The van der Waals surface area contributed by atoms with Gasteiger partial charge in [0.2, 0.25) is 0 Å². The molecule has 0 unspecified atom stereocenters. The Morgan fingerprint density at radius 3 is 2.42 bits per heavy atom. The number of cyclic esters (lactones) is 1. The fourth-order valence-electron chi connectivity index (χ4n) is 2.37. The predicted octanol–water partition coefficient (Wildman–Crippen LogP) is 1.76. The van der Waals surface area contributed by atoms with E-state index in [1.807, 2.05) is 6.92 Å². The first-order valence-electron chi connectivity index (χ1n) is 4.32. The summed E-state index contributed by atoms with van der Waals surface area (Å²) in [5.41, 5.74) is 1.13. The van der Waals surface area contributed by atoms with E-state index in [4.69, 9.17) is 4.74 Å². The summed E-state index contributed by atoms with van der Waals surface area (Å²) in [5, 5.41) is 0. The van der Waals surface area contributed by atoms with E-state index < -0.39 is 0 Å². The molecule has 0 bridgehead atoms. The zero-order valence-electron chi connectivity index (χ0n) is 7.76. The van der Waals surface area contributed by atoms with Crippen molar-refractivity contribution in [2.45, 2.75) is 26.9 Å². The number of fused-ring (bicyclic) bond motifs is 1. The van der Waals surface area contributed by atoms with E-state index in [0.717, 1.165) is 5.57 Å². The molecule has 2 fully saturated rings. The third kappa shape index (κ3) is 0.728. The van der Waals surface area contributed by atoms with Gasteiger partial charge in [-0.2, -0.15) is 0 Å². The number of hydrogen-bond donors (Lipinski definition) is 0. The van der Waals surface area contributed by atoms with Crippen LogP contribution in [0.25, 0.3) is 0 Å². The average Bonchev–Trinajstić information content (AvgIpc) is 2.37. The second-order valence-electron chi connectivity index (χ2n) is 4.53. The molecule has 0 aromatic heterocycles. The molecule has 0 aromatic carbocycles. The van der Waals surface area contributed by atoms with Crippen LogP contribution in [0.15, 0.2) is 12.2 Å². The van der Waals surface area contributed by atoms with Crippen LogP contribution >= 0.6 is 0 Å². The van der Waals surface area contributed by atoms with Gasteiger partial charge in [-0.15, -0.1) is 0 Å². The highest BCUT2D eigenvalue weighted by atomic mass is 16.6. The van der Waals surface area contributed by atoms with E-state index in [-0.39, 0.29) is 23.4 Å². The normalized spacial score (nSPS) is 41.9. The molecule has 1 heterocycles. The van der Waals surface area contributed by atoms with Gasteiger partial charge < -0.3 is 4.74 Å². The molecule has 0 aromatic rings. The number of carbonyl (C=O) groups is 1. The molecule has 2 aliphatic rings. The summed E-state index contributed by atoms with van der Waals surface area (Å²) in [6.07, 6.45) is -0.0162. The SMILES string of the molecule is C=C(C)[C@@H]1OC(=O)[C@@H]2[C@H]1C2(C)C. The highest BCUT2D eigenvalue weighted by molar-refractivity contribution is 5.81. The molecule has 1 aliphatic carbocycles. The van der Waals surface area contributed by atoms with E-state index in [0.29, 0.717) is 5.92 Å². The maximum absolute atomic E-state index is 11.3. The van der Waals surface area contributed by atoms with E-state index >= 15 is 0 Å². The summed E-state index contributed by atoms with van der Waals surface area (Å²) >= 11 is 0. The van der Waals surface area contributed by atoms with Crippen LogP contribution in [0.2, 0.25) is 0 Å². The smallest absolute Gasteiger partial charge is 0.310 e. The van der Waals surface area contributed by atoms with Gasteiger partial charge in [0.1, 0.15) is 6.10 Å². The van der Waals surface area contributed by atoms with Gasteiger partial charge >= 0.3 is 5.97 Å². The highest BCUT2D eigenvalue weighted by Crippen LogP contribution is 2.65. The molecule has 0 amide bonds. The summed E-state index contributed by atoms with van der Waals surface area (Å²) in [7, 11) is 0. The van der Waals surface area contributed by atoms with Crippen LogP contribution < -0.4 is 0 Å². The lowest BCUT2D eigenvalue weighted by molar-refractivity contribution is -0.145. The molecule has 2 rings (SSSR count). The minimum absolute atomic E-state index is 0.0162. The van der Waals surface area contributed by atoms with Gasteiger partial charge in [0, 0.05) is 5.92 Å². The summed E-state index contributed by atoms with van der Waals surface area (Å²) in [5.74, 6) is 0.500. The molecule has 1 saturated heterocycles. The van der Waals surface area contributed by atoms with Gasteiger partial charge in [-0.1, -0.05) is 20.4 Å². The van der Waals surface area contributed by atoms with Crippen LogP contribution in [0.1, 0.15) is 20.8 Å². The fourth-order valence-corrected chi connectivity index (χ4v) is 2.37. The first kappa shape index (κ1) is 7.84. The number of carbonyl (C=O) groups excluding carboxylic acids is 1. The summed E-state index contributed by atoms with van der Waals surface area (Å²) in [4.78, 5) is 11.3. The van der Waals surface area contributed by atoms with Crippen molar-refractivity contribution in [2.24, 2.45) is 17.3 Å². The third-order valence-corrected chi connectivity index (χ3v) is 3.22. The molecule has 3 atom stereocenters. The van der Waals surface area contributed by atoms with Crippen molar-refractivity contribution in [3.05, 3.63) is 12.2 Å². The van der Waals surface area contributed by atoms with Crippen LogP contribution in [-0.4, -0.2) is 12.1 Å². The van der Waals surface area contributed by atoms with Crippen LogP contribution in [-0.2, 0) is 9.53 Å². The summed E-state index contributed by atoms with van der Waals surface area (Å²) < 4.78 is 5.18. The Labute approximate surface area is 72.6 Å². The average molecular weight is 166 g/mol. The van der Waals surface area contributed by atoms with E-state index in [1.54, 1.807) is 0 Å². The van der Waals surface area contributed by atoms with Crippen molar-refractivity contribution in [3.63, 3.8) is 0 Å². The van der Waals surface area contributed by atoms with Gasteiger partial charge in [-0.25, -0.2) is 0 Å². The maximum Gasteiger partial charge on any atom is 0.310 e. The number of esters is 1. The Morgan fingerprint density at radius 2 is 2.17 bits per heavy atom. The molecule has 0 radical (unpaired) electrons. The van der Waals surface area contributed by atoms with Crippen LogP contribution in [0.3, 0.4) is 0 Å². The lowest BCUT2D eigenvalue weighted by atomic mass is 10.0. The van der Waals surface area contributed by atoms with Crippen LogP contribution in [0.4, 0.5) is 0 Å². The van der Waals surface area contributed by atoms with Crippen molar-refractivity contribution in [2.75, 3.05) is 0 Å². The molecule has 2 heteroatoms. The Hall–Kier alpha value is -0.790. The molecule has 0 N–H and O–H groups in total. The molecule has 1 aliphatic heterocycles. The quantitative estimate of drug-likeness (QED) is 0.438. The maximum atomic E-state index is 11.3. The Bertz CT molecular complexity index is 265. The van der Waals surface area contributed by atoms with Crippen LogP contribution in [0.5, 0.6) is 0 Å². The van der Waals surface area contributed by atoms with E-state index in [1.165, 1.54) is 0 Å². The van der Waals surface area contributed by atoms with Crippen molar-refractivity contribution in [1.29, 1.82) is 0 Å². The number of ether oxygens (including phenoxy) is 1. The highest BCUT2D eigenvalue weighted by Gasteiger charge is 2.71. The van der Waals surface area contributed by atoms with E-state index in [2.05, 4.69) is 20.4 Å².